The number of amides is 2. The zero-order valence-corrected chi connectivity index (χ0v) is 23.5. The topological polar surface area (TPSA) is 77.1 Å². The molecule has 11 heteroatoms. The van der Waals surface area contributed by atoms with Crippen LogP contribution in [0.25, 0.3) is 6.08 Å². The highest BCUT2D eigenvalue weighted by atomic mass is 35.5. The number of anilines is 2. The Morgan fingerprint density at radius 2 is 1.82 bits per heavy atom. The number of benzene rings is 3. The highest BCUT2D eigenvalue weighted by Crippen LogP contribution is 2.37. The molecule has 3 aromatic rings. The molecule has 1 saturated heterocycles. The summed E-state index contributed by atoms with van der Waals surface area (Å²) in [5.41, 5.74) is 1.80. The number of nitrogens with one attached hydrogen (secondary N) is 1. The molecule has 0 radical (unpaired) electrons. The van der Waals surface area contributed by atoms with Gasteiger partial charge in [-0.3, -0.25) is 14.5 Å². The summed E-state index contributed by atoms with van der Waals surface area (Å²) in [7, 11) is 1.49. The van der Waals surface area contributed by atoms with E-state index < -0.39 is 5.91 Å². The molecule has 3 aromatic carbocycles. The van der Waals surface area contributed by atoms with Crippen molar-refractivity contribution in [2.24, 2.45) is 0 Å². The molecule has 1 fully saturated rings. The van der Waals surface area contributed by atoms with Gasteiger partial charge in [0.05, 0.1) is 35.0 Å². The number of halogens is 2. The van der Waals surface area contributed by atoms with Crippen molar-refractivity contribution >= 4 is 80.8 Å². The second-order valence-electron chi connectivity index (χ2n) is 7.82. The Kier molecular flexibility index (Phi) is 9.17. The molecular formula is C27H22Cl2N2O5S2. The third-order valence-electron chi connectivity index (χ3n) is 5.25. The van der Waals surface area contributed by atoms with E-state index in [2.05, 4.69) is 5.32 Å². The predicted octanol–water partition coefficient (Wildman–Crippen LogP) is 6.82. The van der Waals surface area contributed by atoms with Gasteiger partial charge in [0.1, 0.15) is 5.75 Å². The standard InChI is InChI=1S/C27H22Cl2N2O5S2/c1-3-35-19-8-6-18(7-9-19)31-26(33)24(38-27(31)37)13-16-4-11-22(23(12-16)34-2)36-15-25(32)30-21-10-5-17(28)14-20(21)29/h4-14H,3,15H2,1-2H3,(H,30,32)/b24-13-. The smallest absolute Gasteiger partial charge is 0.270 e. The minimum Gasteiger partial charge on any atom is -0.494 e. The lowest BCUT2D eigenvalue weighted by molar-refractivity contribution is -0.118. The van der Waals surface area contributed by atoms with E-state index in [1.165, 1.54) is 29.8 Å². The van der Waals surface area contributed by atoms with Gasteiger partial charge in [-0.15, -0.1) is 0 Å². The van der Waals surface area contributed by atoms with Crippen LogP contribution in [-0.2, 0) is 9.59 Å². The number of thiocarbonyl (C=S) groups is 1. The first-order valence-corrected chi connectivity index (χ1v) is 13.3. The van der Waals surface area contributed by atoms with Gasteiger partial charge in [-0.2, -0.15) is 0 Å². The number of carbonyl (C=O) groups is 2. The van der Waals surface area contributed by atoms with Gasteiger partial charge in [0.25, 0.3) is 11.8 Å². The Labute approximate surface area is 239 Å². The number of hydrogen-bond donors (Lipinski definition) is 1. The van der Waals surface area contributed by atoms with Gasteiger partial charge < -0.3 is 19.5 Å². The molecule has 0 unspecified atom stereocenters. The Balaban J connectivity index is 1.44. The monoisotopic (exact) mass is 588 g/mol. The van der Waals surface area contributed by atoms with Crippen molar-refractivity contribution in [3.05, 3.63) is 81.2 Å². The van der Waals surface area contributed by atoms with E-state index in [1.54, 1.807) is 60.7 Å². The molecule has 4 rings (SSSR count). The molecule has 0 aliphatic carbocycles. The normalized spacial score (nSPS) is 14.1. The van der Waals surface area contributed by atoms with Crippen molar-refractivity contribution in [1.29, 1.82) is 0 Å². The van der Waals surface area contributed by atoms with Gasteiger partial charge in [0.2, 0.25) is 0 Å². The summed E-state index contributed by atoms with van der Waals surface area (Å²) >= 11 is 18.7. The molecule has 1 heterocycles. The molecule has 0 atom stereocenters. The molecule has 1 aliphatic heterocycles. The summed E-state index contributed by atoms with van der Waals surface area (Å²) in [6.45, 7) is 2.20. The van der Waals surface area contributed by atoms with Crippen LogP contribution >= 0.6 is 47.2 Å². The maximum Gasteiger partial charge on any atom is 0.270 e. The second-order valence-corrected chi connectivity index (χ2v) is 10.3. The zero-order valence-electron chi connectivity index (χ0n) is 20.3. The lowest BCUT2D eigenvalue weighted by atomic mass is 10.1. The fourth-order valence-corrected chi connectivity index (χ4v) is 5.27. The van der Waals surface area contributed by atoms with Gasteiger partial charge in [-0.25, -0.2) is 0 Å². The van der Waals surface area contributed by atoms with Gasteiger partial charge in [-0.1, -0.05) is 53.2 Å². The average molecular weight is 590 g/mol. The van der Waals surface area contributed by atoms with E-state index >= 15 is 0 Å². The quantitative estimate of drug-likeness (QED) is 0.217. The maximum atomic E-state index is 13.1. The Morgan fingerprint density at radius 3 is 2.50 bits per heavy atom. The first-order chi connectivity index (χ1) is 18.3. The summed E-state index contributed by atoms with van der Waals surface area (Å²) in [5, 5.41) is 3.46. The fraction of sp³-hybridized carbons (Fsp3) is 0.148. The number of ether oxygens (including phenoxy) is 3. The fourth-order valence-electron chi connectivity index (χ4n) is 3.51. The van der Waals surface area contributed by atoms with Gasteiger partial charge in [0.15, 0.2) is 22.4 Å². The molecular weight excluding hydrogens is 567 g/mol. The lowest BCUT2D eigenvalue weighted by Gasteiger charge is -2.15. The molecule has 0 aromatic heterocycles. The summed E-state index contributed by atoms with van der Waals surface area (Å²) in [6, 6.07) is 17.1. The SMILES string of the molecule is CCOc1ccc(N2C(=O)/C(=C/c3ccc(OCC(=O)Nc4ccc(Cl)cc4Cl)c(OC)c3)SC2=S)cc1. The molecule has 0 saturated carbocycles. The van der Waals surface area contributed by atoms with E-state index in [9.17, 15) is 9.59 Å². The summed E-state index contributed by atoms with van der Waals surface area (Å²) in [6.07, 6.45) is 1.73. The Bertz CT molecular complexity index is 1410. The second kappa shape index (κ2) is 12.5. The molecule has 196 valence electrons. The van der Waals surface area contributed by atoms with Crippen LogP contribution in [0, 0.1) is 0 Å². The third kappa shape index (κ3) is 6.60. The number of hydrogen-bond acceptors (Lipinski definition) is 7. The highest BCUT2D eigenvalue weighted by molar-refractivity contribution is 8.27. The Hall–Kier alpha value is -3.24. The molecule has 2 amide bonds. The van der Waals surface area contributed by atoms with E-state index in [0.29, 0.717) is 54.3 Å². The molecule has 38 heavy (non-hydrogen) atoms. The number of carbonyl (C=O) groups excluding carboxylic acids is 2. The summed E-state index contributed by atoms with van der Waals surface area (Å²) < 4.78 is 17.0. The lowest BCUT2D eigenvalue weighted by Crippen LogP contribution is -2.27. The molecule has 1 N–H and O–H groups in total. The van der Waals surface area contributed by atoms with Crippen LogP contribution in [0.1, 0.15) is 12.5 Å². The molecule has 0 spiro atoms. The van der Waals surface area contributed by atoms with E-state index in [1.807, 2.05) is 6.92 Å². The van der Waals surface area contributed by atoms with Crippen molar-refractivity contribution in [2.75, 3.05) is 30.5 Å². The molecule has 7 nitrogen and oxygen atoms in total. The van der Waals surface area contributed by atoms with Crippen molar-refractivity contribution < 1.29 is 23.8 Å². The number of rotatable bonds is 9. The van der Waals surface area contributed by atoms with Crippen LogP contribution in [-0.4, -0.2) is 36.5 Å². The third-order valence-corrected chi connectivity index (χ3v) is 7.10. The first kappa shape index (κ1) is 27.8. The van der Waals surface area contributed by atoms with Crippen molar-refractivity contribution in [3.63, 3.8) is 0 Å². The largest absolute Gasteiger partial charge is 0.494 e. The molecule has 0 bridgehead atoms. The number of thioether (sulfide) groups is 1. The number of nitrogens with zero attached hydrogens (tertiary/aromatic N) is 1. The van der Waals surface area contributed by atoms with Crippen LogP contribution in [0.2, 0.25) is 10.0 Å². The van der Waals surface area contributed by atoms with Crippen LogP contribution < -0.4 is 24.4 Å². The summed E-state index contributed by atoms with van der Waals surface area (Å²) in [5.74, 6) is 0.860. The van der Waals surface area contributed by atoms with Crippen molar-refractivity contribution in [2.45, 2.75) is 6.92 Å². The van der Waals surface area contributed by atoms with Gasteiger partial charge in [-0.05, 0) is 73.2 Å². The highest BCUT2D eigenvalue weighted by Gasteiger charge is 2.33. The van der Waals surface area contributed by atoms with E-state index in [0.717, 1.165) is 5.75 Å². The predicted molar refractivity (Wildman–Crippen MR) is 157 cm³/mol. The molecule has 1 aliphatic rings. The van der Waals surface area contributed by atoms with Crippen molar-refractivity contribution in [1.82, 2.24) is 0 Å². The Morgan fingerprint density at radius 1 is 1.05 bits per heavy atom. The van der Waals surface area contributed by atoms with Gasteiger partial charge in [0, 0.05) is 5.02 Å². The van der Waals surface area contributed by atoms with E-state index in [4.69, 9.17) is 49.6 Å². The number of methoxy groups -OCH3 is 1. The van der Waals surface area contributed by atoms with Crippen LogP contribution in [0.5, 0.6) is 17.2 Å². The van der Waals surface area contributed by atoms with Crippen LogP contribution in [0.15, 0.2) is 65.6 Å². The van der Waals surface area contributed by atoms with Crippen LogP contribution in [0.4, 0.5) is 11.4 Å². The zero-order chi connectivity index (χ0) is 27.2. The van der Waals surface area contributed by atoms with Crippen molar-refractivity contribution in [3.8, 4) is 17.2 Å². The van der Waals surface area contributed by atoms with E-state index in [-0.39, 0.29) is 12.5 Å². The summed E-state index contributed by atoms with van der Waals surface area (Å²) in [4.78, 5) is 27.4. The minimum absolute atomic E-state index is 0.221. The first-order valence-electron chi connectivity index (χ1n) is 11.4. The van der Waals surface area contributed by atoms with Gasteiger partial charge >= 0.3 is 0 Å². The van der Waals surface area contributed by atoms with Crippen LogP contribution in [0.3, 0.4) is 0 Å². The average Bonchev–Trinajstić information content (AvgIpc) is 3.17. The minimum atomic E-state index is -0.404. The maximum absolute atomic E-state index is 13.1.